The van der Waals surface area contributed by atoms with Crippen LogP contribution in [0.15, 0.2) is 64.8 Å². The molecule has 0 unspecified atom stereocenters. The van der Waals surface area contributed by atoms with Crippen molar-refractivity contribution in [2.45, 2.75) is 25.7 Å². The van der Waals surface area contributed by atoms with Gasteiger partial charge >= 0.3 is 0 Å². The molecular formula is C21H20N4O4-2. The van der Waals surface area contributed by atoms with Crippen molar-refractivity contribution in [1.82, 2.24) is 0 Å². The van der Waals surface area contributed by atoms with Crippen LogP contribution in [0.5, 0.6) is 0 Å². The van der Waals surface area contributed by atoms with Crippen LogP contribution in [0.3, 0.4) is 0 Å². The number of hydrogen-bond acceptors (Lipinski definition) is 8. The molecule has 8 heteroatoms. The lowest BCUT2D eigenvalue weighted by atomic mass is 9.92. The molecule has 1 aliphatic rings. The van der Waals surface area contributed by atoms with Gasteiger partial charge in [-0.3, -0.25) is 15.8 Å². The summed E-state index contributed by atoms with van der Waals surface area (Å²) in [4.78, 5) is 0. The number of allylic oxidation sites excluding steroid dienone is 2. The highest BCUT2D eigenvalue weighted by Crippen LogP contribution is 2.29. The fourth-order valence-electron chi connectivity index (χ4n) is 2.96. The van der Waals surface area contributed by atoms with Crippen molar-refractivity contribution in [3.63, 3.8) is 0 Å². The second kappa shape index (κ2) is 9.73. The number of nitrogens with one attached hydrogen (secondary N) is 1. The van der Waals surface area contributed by atoms with Crippen molar-refractivity contribution >= 4 is 23.3 Å². The van der Waals surface area contributed by atoms with Gasteiger partial charge in [-0.2, -0.15) is 5.10 Å². The first kappa shape index (κ1) is 20.4. The minimum absolute atomic E-state index is 0.179. The number of rotatable bonds is 5. The van der Waals surface area contributed by atoms with Crippen molar-refractivity contribution < 1.29 is 10.4 Å². The van der Waals surface area contributed by atoms with Crippen molar-refractivity contribution in [3.05, 3.63) is 75.7 Å². The maximum atomic E-state index is 10.9. The van der Waals surface area contributed by atoms with E-state index in [4.69, 9.17) is 0 Å². The average Bonchev–Trinajstić information content (AvgIpc) is 2.73. The first-order valence-electron chi connectivity index (χ1n) is 9.09. The van der Waals surface area contributed by atoms with Gasteiger partial charge in [0.05, 0.1) is 11.9 Å². The maximum absolute atomic E-state index is 10.9. The van der Waals surface area contributed by atoms with Crippen LogP contribution >= 0.6 is 0 Å². The third-order valence-electron chi connectivity index (χ3n) is 4.46. The Morgan fingerprint density at radius 2 is 1.76 bits per heavy atom. The molecular weight excluding hydrogens is 372 g/mol. The predicted octanol–water partition coefficient (Wildman–Crippen LogP) is 4.39. The molecule has 0 atom stereocenters. The molecule has 3 N–H and O–H groups in total. The fourth-order valence-corrected chi connectivity index (χ4v) is 2.96. The molecule has 0 aromatic heterocycles. The van der Waals surface area contributed by atoms with E-state index in [1.54, 1.807) is 6.21 Å². The summed E-state index contributed by atoms with van der Waals surface area (Å²) in [7, 11) is 0. The third-order valence-corrected chi connectivity index (χ3v) is 4.46. The second-order valence-electron chi connectivity index (χ2n) is 6.44. The summed E-state index contributed by atoms with van der Waals surface area (Å²) in [6, 6.07) is 13.4. The van der Waals surface area contributed by atoms with E-state index in [0.717, 1.165) is 48.5 Å². The summed E-state index contributed by atoms with van der Waals surface area (Å²) in [6.07, 6.45) is 5.51. The van der Waals surface area contributed by atoms with Crippen molar-refractivity contribution in [1.29, 1.82) is 0 Å². The molecule has 0 fully saturated rings. The van der Waals surface area contributed by atoms with Gasteiger partial charge in [0.2, 0.25) is 0 Å². The number of hydrazone groups is 1. The lowest BCUT2D eigenvalue weighted by molar-refractivity contribution is 0.0295. The molecule has 0 spiro atoms. The van der Waals surface area contributed by atoms with Crippen molar-refractivity contribution in [2.75, 3.05) is 15.9 Å². The molecule has 0 saturated carbocycles. The Morgan fingerprint density at radius 1 is 1.00 bits per heavy atom. The summed E-state index contributed by atoms with van der Waals surface area (Å²) in [5, 5.41) is 43.7. The van der Waals surface area contributed by atoms with E-state index in [-0.39, 0.29) is 22.3 Å². The first-order valence-corrected chi connectivity index (χ1v) is 9.09. The number of nitrogens with zero attached hydrogens (tertiary/aromatic N) is 3. The van der Waals surface area contributed by atoms with Gasteiger partial charge in [-0.25, -0.2) is 0 Å². The van der Waals surface area contributed by atoms with E-state index < -0.39 is 5.23 Å². The Kier molecular flexibility index (Phi) is 6.84. The monoisotopic (exact) mass is 392 g/mol. The summed E-state index contributed by atoms with van der Waals surface area (Å²) in [5.41, 5.74) is 5.46. The van der Waals surface area contributed by atoms with Crippen molar-refractivity contribution in [2.24, 2.45) is 5.10 Å². The molecule has 2 aromatic carbocycles. The first-order chi connectivity index (χ1) is 14.0. The average molecular weight is 392 g/mol. The molecule has 150 valence electrons. The highest BCUT2D eigenvalue weighted by molar-refractivity contribution is 5.83. The SMILES string of the molecule is [O-]N([O-])c1ccc(NN=CC2=C(C#Cc3ccccc3)CCCC2)c(N(O)O)c1. The summed E-state index contributed by atoms with van der Waals surface area (Å²) < 4.78 is 0. The third kappa shape index (κ3) is 5.57. The molecule has 8 nitrogen and oxygen atoms in total. The Bertz CT molecular complexity index is 960. The molecule has 0 amide bonds. The highest BCUT2D eigenvalue weighted by Gasteiger charge is 2.11. The van der Waals surface area contributed by atoms with E-state index >= 15 is 0 Å². The largest absolute Gasteiger partial charge is 0.769 e. The Hall–Kier alpha value is -3.35. The van der Waals surface area contributed by atoms with Crippen LogP contribution in [0.4, 0.5) is 17.1 Å². The topological polar surface area (TPSA) is 117 Å². The number of anilines is 3. The Labute approximate surface area is 168 Å². The van der Waals surface area contributed by atoms with E-state index in [1.165, 1.54) is 12.1 Å². The van der Waals surface area contributed by atoms with Gasteiger partial charge in [-0.15, -0.1) is 5.23 Å². The molecule has 0 aliphatic heterocycles. The zero-order valence-corrected chi connectivity index (χ0v) is 15.6. The molecule has 29 heavy (non-hydrogen) atoms. The van der Waals surface area contributed by atoms with Crippen LogP contribution in [-0.4, -0.2) is 16.6 Å². The van der Waals surface area contributed by atoms with Gasteiger partial charge in [0.15, 0.2) is 0 Å². The fraction of sp³-hybridized carbons (Fsp3) is 0.190. The van der Waals surface area contributed by atoms with Gasteiger partial charge < -0.3 is 15.6 Å². The molecule has 0 heterocycles. The highest BCUT2D eigenvalue weighted by atomic mass is 16.8. The Morgan fingerprint density at radius 3 is 2.48 bits per heavy atom. The van der Waals surface area contributed by atoms with Gasteiger partial charge in [-0.05, 0) is 61.6 Å². The van der Waals surface area contributed by atoms with Gasteiger partial charge in [0.1, 0.15) is 5.69 Å². The standard InChI is InChI=1S/C21H20N4O4/c26-24(27)19-12-13-20(21(14-19)25(28)29)23-22-15-18-9-5-4-8-17(18)11-10-16-6-2-1-3-7-16/h1-3,6-7,12-15,23,28-29H,4-5,8-9H2/q-2. The lowest BCUT2D eigenvalue weighted by Crippen LogP contribution is -2.14. The van der Waals surface area contributed by atoms with E-state index in [2.05, 4.69) is 22.4 Å². The maximum Gasteiger partial charge on any atom is 0.121 e. The van der Waals surface area contributed by atoms with Crippen LogP contribution in [-0.2, 0) is 0 Å². The van der Waals surface area contributed by atoms with E-state index in [0.29, 0.717) is 0 Å². The van der Waals surface area contributed by atoms with Gasteiger partial charge in [0.25, 0.3) is 0 Å². The minimum Gasteiger partial charge on any atom is -0.769 e. The number of benzene rings is 2. The minimum atomic E-state index is -0.620. The zero-order valence-electron chi connectivity index (χ0n) is 15.6. The van der Waals surface area contributed by atoms with Crippen LogP contribution in [0, 0.1) is 22.3 Å². The smallest absolute Gasteiger partial charge is 0.121 e. The van der Waals surface area contributed by atoms with Crippen LogP contribution < -0.4 is 15.9 Å². The van der Waals surface area contributed by atoms with Crippen LogP contribution in [0.25, 0.3) is 0 Å². The molecule has 1 aliphatic carbocycles. The van der Waals surface area contributed by atoms with Gasteiger partial charge in [0, 0.05) is 16.8 Å². The van der Waals surface area contributed by atoms with E-state index in [9.17, 15) is 20.8 Å². The Balaban J connectivity index is 1.79. The quantitative estimate of drug-likeness (QED) is 0.392. The molecule has 0 radical (unpaired) electrons. The van der Waals surface area contributed by atoms with Crippen LogP contribution in [0.1, 0.15) is 31.2 Å². The zero-order chi connectivity index (χ0) is 20.6. The lowest BCUT2D eigenvalue weighted by Gasteiger charge is -2.37. The summed E-state index contributed by atoms with van der Waals surface area (Å²) in [5.74, 6) is 6.40. The molecule has 2 aromatic rings. The van der Waals surface area contributed by atoms with Gasteiger partial charge in [-0.1, -0.05) is 30.0 Å². The second-order valence-corrected chi connectivity index (χ2v) is 6.44. The van der Waals surface area contributed by atoms with Crippen LogP contribution in [0.2, 0.25) is 0 Å². The molecule has 3 rings (SSSR count). The molecule has 0 saturated heterocycles. The predicted molar refractivity (Wildman–Crippen MR) is 113 cm³/mol. The summed E-state index contributed by atoms with van der Waals surface area (Å²) in [6.45, 7) is 0. The summed E-state index contributed by atoms with van der Waals surface area (Å²) >= 11 is 0. The molecule has 0 bridgehead atoms. The normalized spacial score (nSPS) is 13.8. The number of hydrogen-bond donors (Lipinski definition) is 3. The van der Waals surface area contributed by atoms with Crippen molar-refractivity contribution in [3.8, 4) is 11.8 Å². The van der Waals surface area contributed by atoms with E-state index in [1.807, 2.05) is 30.3 Å².